The highest BCUT2D eigenvalue weighted by Gasteiger charge is 2.34. The number of hydrazone groups is 1. The number of amides is 1. The lowest BCUT2D eigenvalue weighted by Gasteiger charge is -2.40. The van der Waals surface area contributed by atoms with E-state index in [1.807, 2.05) is 13.0 Å². The van der Waals surface area contributed by atoms with Gasteiger partial charge in [-0.2, -0.15) is 5.10 Å². The molecule has 2 aliphatic heterocycles. The van der Waals surface area contributed by atoms with Crippen LogP contribution < -0.4 is 11.1 Å². The van der Waals surface area contributed by atoms with Crippen LogP contribution in [0.4, 0.5) is 0 Å². The van der Waals surface area contributed by atoms with Gasteiger partial charge in [0.15, 0.2) is 0 Å². The molecule has 49 heavy (non-hydrogen) atoms. The van der Waals surface area contributed by atoms with E-state index in [1.165, 1.54) is 75.8 Å². The number of carbonyl (C=O) groups is 1. The van der Waals surface area contributed by atoms with Gasteiger partial charge in [0, 0.05) is 6.04 Å². The van der Waals surface area contributed by atoms with Crippen LogP contribution in [-0.4, -0.2) is 97.6 Å². The van der Waals surface area contributed by atoms with Gasteiger partial charge in [0.2, 0.25) is 0 Å². The standard InChI is InChI=1S/C19H35N.C11H11Cl2N3O.C6H14O6/c1-3-9-16(10-4-1)19(17-11-5-2-6-12-17)15-18-13-7-8-14-20-18;1-6(16-11(17)5-10(14)15-16)7-2-3-8(12)9(13)4-7;7-1-3(9)5(11)6(12)4(10)2-8/h16-20H,1-15H2;2-4,6H,5H2,1H3,(H2,14,15);3-12H,1-2H2/t;;3-,4-,5-,6-/m..1/s1. The van der Waals surface area contributed by atoms with E-state index in [9.17, 15) is 4.79 Å². The molecule has 13 heteroatoms. The molecule has 1 aromatic carbocycles. The van der Waals surface area contributed by atoms with Crippen LogP contribution in [0.3, 0.4) is 0 Å². The molecular formula is C36H60Cl2N4O7. The van der Waals surface area contributed by atoms with Crippen molar-refractivity contribution in [1.29, 1.82) is 0 Å². The molecule has 280 valence electrons. The van der Waals surface area contributed by atoms with Crippen molar-refractivity contribution < 1.29 is 35.4 Å². The summed E-state index contributed by atoms with van der Waals surface area (Å²) < 4.78 is 0. The maximum atomic E-state index is 11.6. The van der Waals surface area contributed by atoms with Crippen molar-refractivity contribution in [3.05, 3.63) is 33.8 Å². The van der Waals surface area contributed by atoms with E-state index in [0.29, 0.717) is 15.9 Å². The molecule has 0 radical (unpaired) electrons. The molecule has 0 aromatic heterocycles. The van der Waals surface area contributed by atoms with Gasteiger partial charge in [-0.3, -0.25) is 4.79 Å². The van der Waals surface area contributed by atoms with Crippen LogP contribution in [0.25, 0.3) is 0 Å². The Hall–Kier alpha value is -1.54. The normalized spacial score (nSPS) is 23.8. The first kappa shape index (κ1) is 41.9. The largest absolute Gasteiger partial charge is 0.394 e. The van der Waals surface area contributed by atoms with Gasteiger partial charge < -0.3 is 41.7 Å². The average molecular weight is 732 g/mol. The quantitative estimate of drug-likeness (QED) is 0.164. The molecule has 2 unspecified atom stereocenters. The predicted molar refractivity (Wildman–Crippen MR) is 193 cm³/mol. The summed E-state index contributed by atoms with van der Waals surface area (Å²) >= 11 is 11.8. The second-order valence-electron chi connectivity index (χ2n) is 14.2. The van der Waals surface area contributed by atoms with E-state index in [-0.39, 0.29) is 18.4 Å². The fourth-order valence-corrected chi connectivity index (χ4v) is 8.01. The number of aliphatic hydroxyl groups excluding tert-OH is 6. The predicted octanol–water partition coefficient (Wildman–Crippen LogP) is 4.27. The minimum absolute atomic E-state index is 0.110. The van der Waals surface area contributed by atoms with Crippen molar-refractivity contribution in [3.63, 3.8) is 0 Å². The monoisotopic (exact) mass is 730 g/mol. The molecule has 2 saturated carbocycles. The number of amidine groups is 1. The Morgan fingerprint density at radius 3 is 1.80 bits per heavy atom. The van der Waals surface area contributed by atoms with Crippen molar-refractivity contribution in [3.8, 4) is 0 Å². The molecule has 5 rings (SSSR count). The van der Waals surface area contributed by atoms with E-state index in [4.69, 9.17) is 59.6 Å². The fraction of sp³-hybridized carbons (Fsp3) is 0.778. The van der Waals surface area contributed by atoms with Crippen LogP contribution >= 0.6 is 23.2 Å². The summed E-state index contributed by atoms with van der Waals surface area (Å²) in [7, 11) is 0. The first-order valence-corrected chi connectivity index (χ1v) is 19.0. The van der Waals surface area contributed by atoms with Crippen LogP contribution in [-0.2, 0) is 4.79 Å². The number of hydrogen-bond acceptors (Lipinski definition) is 10. The Morgan fingerprint density at radius 2 is 1.37 bits per heavy atom. The van der Waals surface area contributed by atoms with Crippen LogP contribution in [0.1, 0.15) is 115 Å². The highest BCUT2D eigenvalue weighted by molar-refractivity contribution is 6.42. The number of nitrogens with two attached hydrogens (primary N) is 1. The van der Waals surface area contributed by atoms with Crippen molar-refractivity contribution in [1.82, 2.24) is 10.3 Å². The van der Waals surface area contributed by atoms with Crippen molar-refractivity contribution in [2.75, 3.05) is 19.8 Å². The molecule has 1 aromatic rings. The molecule has 1 amide bonds. The third-order valence-electron chi connectivity index (χ3n) is 10.6. The van der Waals surface area contributed by atoms with Crippen LogP contribution in [0, 0.1) is 17.8 Å². The third kappa shape index (κ3) is 13.2. The summed E-state index contributed by atoms with van der Waals surface area (Å²) in [6, 6.07) is 5.89. The lowest BCUT2D eigenvalue weighted by molar-refractivity contribution is -0.130. The Balaban J connectivity index is 0.000000206. The first-order valence-electron chi connectivity index (χ1n) is 18.2. The summed E-state index contributed by atoms with van der Waals surface area (Å²) in [4.78, 5) is 11.6. The van der Waals surface area contributed by atoms with E-state index in [2.05, 4.69) is 10.4 Å². The van der Waals surface area contributed by atoms with Crippen molar-refractivity contribution in [2.24, 2.45) is 28.6 Å². The second kappa shape index (κ2) is 21.7. The number of halogens is 2. The maximum absolute atomic E-state index is 11.6. The number of piperidine rings is 1. The summed E-state index contributed by atoms with van der Waals surface area (Å²) in [5.41, 5.74) is 6.39. The minimum Gasteiger partial charge on any atom is -0.394 e. The maximum Gasteiger partial charge on any atom is 0.250 e. The SMILES string of the molecule is C1CCC(C(CC2CCCCN2)C2CCCCC2)CC1.CC(c1ccc(Cl)c(Cl)c1)N1N=C(N)CC1=O.OC[C@@H](O)[C@@H](O)[C@H](O)[C@H](O)CO. The molecular weight excluding hydrogens is 671 g/mol. The van der Waals surface area contributed by atoms with E-state index in [0.717, 1.165) is 29.4 Å². The molecule has 2 heterocycles. The van der Waals surface area contributed by atoms with E-state index in [1.54, 1.807) is 37.8 Å². The van der Waals surface area contributed by atoms with Gasteiger partial charge in [0.25, 0.3) is 5.91 Å². The number of nitrogens with zero attached hydrogens (tertiary/aromatic N) is 2. The Labute approximate surface area is 301 Å². The molecule has 4 aliphatic rings. The molecule has 0 spiro atoms. The summed E-state index contributed by atoms with van der Waals surface area (Å²) in [6.07, 6.45) is 14.9. The topological polar surface area (TPSA) is 192 Å². The molecule has 6 atom stereocenters. The van der Waals surface area contributed by atoms with Gasteiger partial charge in [0.1, 0.15) is 30.3 Å². The molecule has 0 bridgehead atoms. The number of rotatable bonds is 11. The lowest BCUT2D eigenvalue weighted by Crippen LogP contribution is -2.46. The van der Waals surface area contributed by atoms with Gasteiger partial charge in [-0.05, 0) is 68.2 Å². The van der Waals surface area contributed by atoms with Crippen LogP contribution in [0.2, 0.25) is 10.0 Å². The average Bonchev–Trinajstić information content (AvgIpc) is 3.48. The highest BCUT2D eigenvalue weighted by atomic mass is 35.5. The zero-order valence-corrected chi connectivity index (χ0v) is 30.5. The van der Waals surface area contributed by atoms with Crippen molar-refractivity contribution in [2.45, 2.75) is 140 Å². The summed E-state index contributed by atoms with van der Waals surface area (Å²) in [5, 5.41) is 62.3. The molecule has 2 aliphatic carbocycles. The molecule has 9 N–H and O–H groups in total. The fourth-order valence-electron chi connectivity index (χ4n) is 7.70. The van der Waals surface area contributed by atoms with Crippen molar-refractivity contribution >= 4 is 34.9 Å². The van der Waals surface area contributed by atoms with E-state index >= 15 is 0 Å². The van der Waals surface area contributed by atoms with Crippen LogP contribution in [0.5, 0.6) is 0 Å². The number of benzene rings is 1. The van der Waals surface area contributed by atoms with Gasteiger partial charge in [-0.15, -0.1) is 0 Å². The number of nitrogens with one attached hydrogen (secondary N) is 1. The molecule has 3 fully saturated rings. The van der Waals surface area contributed by atoms with Gasteiger partial charge in [-0.25, -0.2) is 5.01 Å². The summed E-state index contributed by atoms with van der Waals surface area (Å²) in [6.45, 7) is 1.69. The Bertz CT molecular complexity index is 1110. The zero-order chi connectivity index (χ0) is 35.9. The highest BCUT2D eigenvalue weighted by Crippen LogP contribution is 2.42. The third-order valence-corrected chi connectivity index (χ3v) is 11.3. The number of carbonyl (C=O) groups excluding carboxylic acids is 1. The summed E-state index contributed by atoms with van der Waals surface area (Å²) in [5.74, 6) is 3.44. The van der Waals surface area contributed by atoms with Gasteiger partial charge >= 0.3 is 0 Å². The number of hydrogen-bond donors (Lipinski definition) is 8. The Kier molecular flexibility index (Phi) is 18.6. The first-order chi connectivity index (χ1) is 23.5. The van der Waals surface area contributed by atoms with Crippen LogP contribution in [0.15, 0.2) is 23.3 Å². The minimum atomic E-state index is -1.67. The lowest BCUT2D eigenvalue weighted by atomic mass is 9.67. The van der Waals surface area contributed by atoms with Gasteiger partial charge in [-0.1, -0.05) is 99.9 Å². The number of aliphatic hydroxyl groups is 6. The molecule has 1 saturated heterocycles. The molecule has 11 nitrogen and oxygen atoms in total. The smallest absolute Gasteiger partial charge is 0.250 e. The van der Waals surface area contributed by atoms with E-state index < -0.39 is 37.6 Å². The van der Waals surface area contributed by atoms with Gasteiger partial charge in [0.05, 0.1) is 35.7 Å². The second-order valence-corrected chi connectivity index (χ2v) is 15.0. The Morgan fingerprint density at radius 1 is 0.837 bits per heavy atom. The zero-order valence-electron chi connectivity index (χ0n) is 29.0.